The zero-order valence-corrected chi connectivity index (χ0v) is 10.9. The number of hydrogen-bond acceptors (Lipinski definition) is 4. The third kappa shape index (κ3) is 2.46. The molecule has 0 saturated carbocycles. The second-order valence-corrected chi connectivity index (χ2v) is 4.49. The minimum Gasteiger partial charge on any atom is -0.508 e. The lowest BCUT2D eigenvalue weighted by Gasteiger charge is -1.98. The normalized spacial score (nSPS) is 11.2. The Morgan fingerprint density at radius 1 is 1.19 bits per heavy atom. The molecule has 0 spiro atoms. The van der Waals surface area contributed by atoms with Crippen molar-refractivity contribution in [3.05, 3.63) is 63.8 Å². The highest BCUT2D eigenvalue weighted by atomic mass is 16.6. The van der Waals surface area contributed by atoms with Gasteiger partial charge in [0.15, 0.2) is 0 Å². The van der Waals surface area contributed by atoms with E-state index in [-0.39, 0.29) is 11.4 Å². The summed E-state index contributed by atoms with van der Waals surface area (Å²) in [4.78, 5) is 10.5. The molecule has 0 saturated heterocycles. The molecular formula is C15H11N3O3. The topological polar surface area (TPSA) is 92.1 Å². The molecule has 6 nitrogen and oxygen atoms in total. The van der Waals surface area contributed by atoms with E-state index >= 15 is 0 Å². The van der Waals surface area contributed by atoms with E-state index in [2.05, 4.69) is 10.2 Å². The van der Waals surface area contributed by atoms with E-state index in [0.29, 0.717) is 11.3 Å². The summed E-state index contributed by atoms with van der Waals surface area (Å²) in [5.74, 6) is -0.0212. The number of phenolic OH excluding ortho intramolecular Hbond substituents is 1. The quantitative estimate of drug-likeness (QED) is 0.568. The predicted molar refractivity (Wildman–Crippen MR) is 79.8 cm³/mol. The maximum atomic E-state index is 11.0. The fourth-order valence-electron chi connectivity index (χ4n) is 2.12. The Hall–Kier alpha value is -3.15. The molecule has 0 unspecified atom stereocenters. The maximum Gasteiger partial charge on any atom is 0.276 e. The van der Waals surface area contributed by atoms with Crippen LogP contribution in [0, 0.1) is 10.1 Å². The van der Waals surface area contributed by atoms with Crippen LogP contribution in [-0.4, -0.2) is 20.2 Å². The first-order valence-electron chi connectivity index (χ1n) is 6.24. The Morgan fingerprint density at radius 3 is 2.81 bits per heavy atom. The number of fused-ring (bicyclic) bond motifs is 1. The van der Waals surface area contributed by atoms with Crippen molar-refractivity contribution in [3.8, 4) is 5.75 Å². The van der Waals surface area contributed by atoms with Crippen molar-refractivity contribution in [2.45, 2.75) is 0 Å². The fourth-order valence-corrected chi connectivity index (χ4v) is 2.12. The first-order chi connectivity index (χ1) is 10.1. The molecule has 0 aliphatic rings. The number of rotatable bonds is 3. The van der Waals surface area contributed by atoms with Crippen LogP contribution in [0.25, 0.3) is 23.1 Å². The van der Waals surface area contributed by atoms with Gasteiger partial charge in [0.25, 0.3) is 5.69 Å². The molecule has 2 N–H and O–H groups in total. The molecule has 0 bridgehead atoms. The van der Waals surface area contributed by atoms with E-state index in [4.69, 9.17) is 0 Å². The number of phenols is 1. The second kappa shape index (κ2) is 5.09. The minimum absolute atomic E-state index is 0.0212. The van der Waals surface area contributed by atoms with Crippen molar-refractivity contribution in [3.63, 3.8) is 0 Å². The number of para-hydroxylation sites is 1. The van der Waals surface area contributed by atoms with Crippen molar-refractivity contribution in [2.75, 3.05) is 0 Å². The molecule has 0 atom stereocenters. The number of nitro benzene ring substituents is 1. The molecule has 104 valence electrons. The zero-order valence-electron chi connectivity index (χ0n) is 10.9. The molecule has 0 fully saturated rings. The minimum atomic E-state index is -0.484. The standard InChI is InChI=1S/C15H11N3O3/c19-11-6-8-15(18(20)21)10(9-11)5-7-14-12-3-1-2-4-13(12)16-17-14/h1-9,19H,(H,16,17)/b7-5+. The first-order valence-corrected chi connectivity index (χ1v) is 6.24. The van der Waals surface area contributed by atoms with Gasteiger partial charge >= 0.3 is 0 Å². The number of aromatic amines is 1. The average Bonchev–Trinajstić information content (AvgIpc) is 2.88. The van der Waals surface area contributed by atoms with Crippen LogP contribution in [0.4, 0.5) is 5.69 Å². The van der Waals surface area contributed by atoms with Gasteiger partial charge in [0.2, 0.25) is 0 Å². The summed E-state index contributed by atoms with van der Waals surface area (Å²) in [5.41, 5.74) is 1.83. The number of hydrogen-bond donors (Lipinski definition) is 2. The van der Waals surface area contributed by atoms with E-state index in [1.165, 1.54) is 18.2 Å². The highest BCUT2D eigenvalue weighted by Crippen LogP contribution is 2.26. The van der Waals surface area contributed by atoms with Crippen molar-refractivity contribution >= 4 is 28.7 Å². The van der Waals surface area contributed by atoms with E-state index in [1.54, 1.807) is 12.2 Å². The Labute approximate surface area is 119 Å². The summed E-state index contributed by atoms with van der Waals surface area (Å²) in [6.45, 7) is 0. The van der Waals surface area contributed by atoms with E-state index < -0.39 is 4.92 Å². The summed E-state index contributed by atoms with van der Waals surface area (Å²) >= 11 is 0. The highest BCUT2D eigenvalue weighted by Gasteiger charge is 2.12. The van der Waals surface area contributed by atoms with Crippen molar-refractivity contribution in [1.29, 1.82) is 0 Å². The molecule has 0 amide bonds. The lowest BCUT2D eigenvalue weighted by molar-refractivity contribution is -0.385. The van der Waals surface area contributed by atoms with Crippen LogP contribution in [0.3, 0.4) is 0 Å². The van der Waals surface area contributed by atoms with Crippen molar-refractivity contribution in [2.24, 2.45) is 0 Å². The van der Waals surface area contributed by atoms with Gasteiger partial charge in [0.1, 0.15) is 5.75 Å². The average molecular weight is 281 g/mol. The number of aromatic hydroxyl groups is 1. The van der Waals surface area contributed by atoms with Crippen LogP contribution in [0.15, 0.2) is 42.5 Å². The third-order valence-electron chi connectivity index (χ3n) is 3.13. The van der Waals surface area contributed by atoms with Gasteiger partial charge in [-0.3, -0.25) is 15.2 Å². The number of nitro groups is 1. The summed E-state index contributed by atoms with van der Waals surface area (Å²) in [6, 6.07) is 11.5. The van der Waals surface area contributed by atoms with E-state index in [1.807, 2.05) is 24.3 Å². The monoisotopic (exact) mass is 281 g/mol. The fraction of sp³-hybridized carbons (Fsp3) is 0. The van der Waals surface area contributed by atoms with Crippen LogP contribution in [0.5, 0.6) is 5.75 Å². The van der Waals surface area contributed by atoms with Gasteiger partial charge in [0.05, 0.1) is 21.7 Å². The smallest absolute Gasteiger partial charge is 0.276 e. The zero-order chi connectivity index (χ0) is 14.8. The Kier molecular flexibility index (Phi) is 3.12. The van der Waals surface area contributed by atoms with Gasteiger partial charge in [-0.05, 0) is 30.4 Å². The molecule has 1 heterocycles. The largest absolute Gasteiger partial charge is 0.508 e. The van der Waals surface area contributed by atoms with Gasteiger partial charge in [-0.15, -0.1) is 0 Å². The summed E-state index contributed by atoms with van der Waals surface area (Å²) in [5, 5.41) is 28.4. The number of aromatic nitrogens is 2. The lowest BCUT2D eigenvalue weighted by atomic mass is 10.1. The molecule has 0 aliphatic carbocycles. The third-order valence-corrected chi connectivity index (χ3v) is 3.13. The van der Waals surface area contributed by atoms with Gasteiger partial charge in [-0.25, -0.2) is 0 Å². The van der Waals surface area contributed by atoms with Gasteiger partial charge in [0, 0.05) is 11.5 Å². The molecule has 0 aliphatic heterocycles. The summed E-state index contributed by atoms with van der Waals surface area (Å²) < 4.78 is 0. The maximum absolute atomic E-state index is 11.0. The van der Waals surface area contributed by atoms with Crippen LogP contribution in [-0.2, 0) is 0 Å². The van der Waals surface area contributed by atoms with Gasteiger partial charge in [-0.2, -0.15) is 5.10 Å². The Balaban J connectivity index is 2.03. The molecule has 21 heavy (non-hydrogen) atoms. The van der Waals surface area contributed by atoms with Crippen LogP contribution >= 0.6 is 0 Å². The number of H-pyrrole nitrogens is 1. The van der Waals surface area contributed by atoms with Crippen LogP contribution < -0.4 is 0 Å². The molecule has 0 radical (unpaired) electrons. The highest BCUT2D eigenvalue weighted by molar-refractivity contribution is 5.89. The van der Waals surface area contributed by atoms with Crippen LogP contribution in [0.1, 0.15) is 11.3 Å². The van der Waals surface area contributed by atoms with E-state index in [9.17, 15) is 15.2 Å². The molecule has 3 rings (SSSR count). The lowest BCUT2D eigenvalue weighted by Crippen LogP contribution is -1.90. The van der Waals surface area contributed by atoms with Gasteiger partial charge < -0.3 is 5.11 Å². The summed E-state index contributed by atoms with van der Waals surface area (Å²) in [6.07, 6.45) is 3.25. The van der Waals surface area contributed by atoms with Crippen molar-refractivity contribution in [1.82, 2.24) is 10.2 Å². The van der Waals surface area contributed by atoms with E-state index in [0.717, 1.165) is 10.9 Å². The van der Waals surface area contributed by atoms with Crippen LogP contribution in [0.2, 0.25) is 0 Å². The molecule has 6 heteroatoms. The number of benzene rings is 2. The first kappa shape index (κ1) is 12.9. The molecular weight excluding hydrogens is 270 g/mol. The Bertz CT molecular complexity index is 852. The van der Waals surface area contributed by atoms with Gasteiger partial charge in [-0.1, -0.05) is 18.2 Å². The predicted octanol–water partition coefficient (Wildman–Crippen LogP) is 3.35. The Morgan fingerprint density at radius 2 is 2.00 bits per heavy atom. The number of nitrogens with one attached hydrogen (secondary N) is 1. The van der Waals surface area contributed by atoms with Crippen molar-refractivity contribution < 1.29 is 10.0 Å². The second-order valence-electron chi connectivity index (χ2n) is 4.49. The molecule has 3 aromatic rings. The molecule has 1 aromatic heterocycles. The molecule has 2 aromatic carbocycles. The number of nitrogens with zero attached hydrogens (tertiary/aromatic N) is 2. The summed E-state index contributed by atoms with van der Waals surface area (Å²) in [7, 11) is 0. The SMILES string of the molecule is O=[N+]([O-])c1ccc(O)cc1/C=C/c1n[nH]c2ccccc12.